The summed E-state index contributed by atoms with van der Waals surface area (Å²) < 4.78 is 11.1. The summed E-state index contributed by atoms with van der Waals surface area (Å²) in [5.41, 5.74) is 9.91. The lowest BCUT2D eigenvalue weighted by molar-refractivity contribution is -0.134. The molecule has 0 bridgehead atoms. The molecule has 0 aromatic heterocycles. The molecular weight excluding hydrogens is 476 g/mol. The Hall–Kier alpha value is -3.84. The number of amidine groups is 1. The molecule has 3 saturated heterocycles. The van der Waals surface area contributed by atoms with Gasteiger partial charge in [-0.05, 0) is 54.6 Å². The number of carbonyl (C=O) groups is 1. The number of nitrogens with two attached hydrogens (primary N) is 1. The molecule has 7 rings (SSSR count). The number of hydrogen-bond donors (Lipinski definition) is 2. The smallest absolute Gasteiger partial charge is 0.231 e. The summed E-state index contributed by atoms with van der Waals surface area (Å²) in [5, 5.41) is 7.79. The zero-order chi connectivity index (χ0) is 25.8. The molecule has 194 valence electrons. The minimum Gasteiger partial charge on any atom is -0.454 e. The highest BCUT2D eigenvalue weighted by atomic mass is 16.7. The summed E-state index contributed by atoms with van der Waals surface area (Å²) in [6, 6.07) is 25.1. The zero-order valence-corrected chi connectivity index (χ0v) is 21.3. The van der Waals surface area contributed by atoms with Crippen LogP contribution in [-0.4, -0.2) is 47.0 Å². The average Bonchev–Trinajstić information content (AvgIpc) is 3.70. The normalized spacial score (nSPS) is 27.5. The van der Waals surface area contributed by atoms with Crippen LogP contribution in [-0.2, 0) is 17.8 Å². The van der Waals surface area contributed by atoms with Crippen molar-refractivity contribution < 1.29 is 14.3 Å². The minimum absolute atomic E-state index is 0.0426. The van der Waals surface area contributed by atoms with E-state index < -0.39 is 0 Å². The third-order valence-corrected chi connectivity index (χ3v) is 8.95. The average molecular weight is 509 g/mol. The SMILES string of the molecule is N=C(N)c1ccc(C2[C@H]3C(=O)N(Cc4ccc5c(c4)OCO5)[C@H](Cc4ccccc4)[C@H]3[C@@H]3CCCN23)cc1. The van der Waals surface area contributed by atoms with Crippen molar-refractivity contribution in [3.05, 3.63) is 95.1 Å². The van der Waals surface area contributed by atoms with Crippen LogP contribution in [0.25, 0.3) is 0 Å². The second-order valence-electron chi connectivity index (χ2n) is 10.9. The molecule has 1 unspecified atom stereocenters. The highest BCUT2D eigenvalue weighted by Crippen LogP contribution is 2.55. The summed E-state index contributed by atoms with van der Waals surface area (Å²) in [5.74, 6) is 1.98. The van der Waals surface area contributed by atoms with Crippen molar-refractivity contribution in [3.8, 4) is 11.5 Å². The standard InChI is InChI=1S/C31H32N4O3/c32-30(33)22-11-9-21(10-12-22)29-28-27(23-7-4-14-34(23)29)24(15-19-5-2-1-3-6-19)35(31(28)36)17-20-8-13-25-26(16-20)38-18-37-25/h1-3,5-6,8-13,16,23-24,27-29H,4,7,14-15,17-18H2,(H3,32,33)/t23-,24+,27+,28-,29?/m0/s1. The number of amides is 1. The van der Waals surface area contributed by atoms with E-state index in [1.807, 2.05) is 36.4 Å². The van der Waals surface area contributed by atoms with Gasteiger partial charge in [0.2, 0.25) is 12.7 Å². The van der Waals surface area contributed by atoms with Crippen molar-refractivity contribution in [1.82, 2.24) is 9.80 Å². The largest absolute Gasteiger partial charge is 0.454 e. The summed E-state index contributed by atoms with van der Waals surface area (Å²) in [6.07, 6.45) is 3.13. The maximum Gasteiger partial charge on any atom is 0.231 e. The predicted molar refractivity (Wildman–Crippen MR) is 144 cm³/mol. The fraction of sp³-hybridized carbons (Fsp3) is 0.355. The Labute approximate surface area is 222 Å². The maximum atomic E-state index is 14.4. The van der Waals surface area contributed by atoms with Gasteiger partial charge in [0.1, 0.15) is 5.84 Å². The number of rotatable bonds is 6. The molecule has 0 aliphatic carbocycles. The number of benzene rings is 3. The van der Waals surface area contributed by atoms with Crippen LogP contribution in [0.3, 0.4) is 0 Å². The van der Waals surface area contributed by atoms with Crippen LogP contribution >= 0.6 is 0 Å². The number of nitrogens with zero attached hydrogens (tertiary/aromatic N) is 2. The van der Waals surface area contributed by atoms with E-state index in [-0.39, 0.29) is 42.5 Å². The second kappa shape index (κ2) is 9.17. The number of hydrogen-bond acceptors (Lipinski definition) is 5. The topological polar surface area (TPSA) is 91.9 Å². The zero-order valence-electron chi connectivity index (χ0n) is 21.3. The summed E-state index contributed by atoms with van der Waals surface area (Å²) in [4.78, 5) is 19.1. The molecule has 0 spiro atoms. The van der Waals surface area contributed by atoms with Gasteiger partial charge in [0.15, 0.2) is 11.5 Å². The molecular formula is C31H32N4O3. The van der Waals surface area contributed by atoms with Crippen molar-refractivity contribution in [1.29, 1.82) is 5.41 Å². The van der Waals surface area contributed by atoms with E-state index in [2.05, 4.69) is 46.2 Å². The van der Waals surface area contributed by atoms with Crippen molar-refractivity contribution in [2.45, 2.75) is 43.9 Å². The molecule has 7 nitrogen and oxygen atoms in total. The first-order valence-electron chi connectivity index (χ1n) is 13.5. The molecule has 4 heterocycles. The van der Waals surface area contributed by atoms with Gasteiger partial charge in [-0.1, -0.05) is 60.7 Å². The second-order valence-corrected chi connectivity index (χ2v) is 10.9. The lowest BCUT2D eigenvalue weighted by Gasteiger charge is -2.34. The van der Waals surface area contributed by atoms with Gasteiger partial charge in [-0.15, -0.1) is 0 Å². The summed E-state index contributed by atoms with van der Waals surface area (Å²) in [6.45, 7) is 1.82. The van der Waals surface area contributed by atoms with Crippen LogP contribution in [0.5, 0.6) is 11.5 Å². The Balaban J connectivity index is 1.27. The van der Waals surface area contributed by atoms with Crippen molar-refractivity contribution >= 4 is 11.7 Å². The first-order chi connectivity index (χ1) is 18.6. The molecule has 0 radical (unpaired) electrons. The highest BCUT2D eigenvalue weighted by Gasteiger charge is 2.62. The predicted octanol–water partition coefficient (Wildman–Crippen LogP) is 4.10. The number of fused-ring (bicyclic) bond motifs is 4. The van der Waals surface area contributed by atoms with Gasteiger partial charge in [0.05, 0.1) is 5.92 Å². The summed E-state index contributed by atoms with van der Waals surface area (Å²) in [7, 11) is 0. The quantitative estimate of drug-likeness (QED) is 0.386. The molecule has 4 aliphatic heterocycles. The van der Waals surface area contributed by atoms with Crippen LogP contribution in [0.2, 0.25) is 0 Å². The molecule has 3 fully saturated rings. The van der Waals surface area contributed by atoms with Gasteiger partial charge < -0.3 is 20.1 Å². The Bertz CT molecular complexity index is 1380. The van der Waals surface area contributed by atoms with E-state index in [0.717, 1.165) is 48.4 Å². The van der Waals surface area contributed by atoms with E-state index >= 15 is 0 Å². The van der Waals surface area contributed by atoms with E-state index in [4.69, 9.17) is 20.6 Å². The van der Waals surface area contributed by atoms with Gasteiger partial charge in [-0.2, -0.15) is 0 Å². The van der Waals surface area contributed by atoms with E-state index in [9.17, 15) is 4.79 Å². The minimum atomic E-state index is -0.0915. The monoisotopic (exact) mass is 508 g/mol. The molecule has 7 heteroatoms. The van der Waals surface area contributed by atoms with Crippen LogP contribution in [0.4, 0.5) is 0 Å². The molecule has 38 heavy (non-hydrogen) atoms. The van der Waals surface area contributed by atoms with Crippen molar-refractivity contribution in [2.24, 2.45) is 17.6 Å². The van der Waals surface area contributed by atoms with Gasteiger partial charge in [-0.3, -0.25) is 15.1 Å². The first kappa shape index (κ1) is 23.3. The van der Waals surface area contributed by atoms with Gasteiger partial charge >= 0.3 is 0 Å². The Morgan fingerprint density at radius 3 is 2.55 bits per heavy atom. The molecule has 3 aromatic rings. The van der Waals surface area contributed by atoms with Gasteiger partial charge in [0.25, 0.3) is 0 Å². The third kappa shape index (κ3) is 3.76. The molecule has 5 atom stereocenters. The van der Waals surface area contributed by atoms with E-state index in [0.29, 0.717) is 18.2 Å². The van der Waals surface area contributed by atoms with Gasteiger partial charge in [0, 0.05) is 36.2 Å². The molecule has 0 saturated carbocycles. The first-order valence-corrected chi connectivity index (χ1v) is 13.5. The molecule has 3 N–H and O–H groups in total. The maximum absolute atomic E-state index is 14.4. The van der Waals surface area contributed by atoms with Crippen LogP contribution in [0.15, 0.2) is 72.8 Å². The van der Waals surface area contributed by atoms with E-state index in [1.54, 1.807) is 0 Å². The number of ether oxygens (including phenoxy) is 2. The van der Waals surface area contributed by atoms with E-state index in [1.165, 1.54) is 5.56 Å². The lowest BCUT2D eigenvalue weighted by atomic mass is 9.80. The molecule has 1 amide bonds. The lowest BCUT2D eigenvalue weighted by Crippen LogP contribution is -2.42. The van der Waals surface area contributed by atoms with Crippen LogP contribution in [0.1, 0.15) is 41.1 Å². The number of nitrogen functional groups attached to an aromatic ring is 1. The Morgan fingerprint density at radius 1 is 0.974 bits per heavy atom. The number of likely N-dealkylation sites (tertiary alicyclic amines) is 1. The summed E-state index contributed by atoms with van der Waals surface area (Å²) >= 11 is 0. The Kier molecular flexibility index (Phi) is 5.62. The Morgan fingerprint density at radius 2 is 1.76 bits per heavy atom. The number of carbonyl (C=O) groups excluding carboxylic acids is 1. The van der Waals surface area contributed by atoms with Gasteiger partial charge in [-0.25, -0.2) is 0 Å². The third-order valence-electron chi connectivity index (χ3n) is 8.95. The fourth-order valence-corrected chi connectivity index (χ4v) is 7.38. The fourth-order valence-electron chi connectivity index (χ4n) is 7.38. The number of nitrogens with one attached hydrogen (secondary N) is 1. The molecule has 3 aromatic carbocycles. The van der Waals surface area contributed by atoms with Crippen molar-refractivity contribution in [3.63, 3.8) is 0 Å². The molecule has 4 aliphatic rings. The highest BCUT2D eigenvalue weighted by molar-refractivity contribution is 5.95. The van der Waals surface area contributed by atoms with Crippen LogP contribution in [0, 0.1) is 17.2 Å². The van der Waals surface area contributed by atoms with Crippen molar-refractivity contribution in [2.75, 3.05) is 13.3 Å². The van der Waals surface area contributed by atoms with Crippen LogP contribution < -0.4 is 15.2 Å².